The van der Waals surface area contributed by atoms with Crippen LogP contribution >= 0.6 is 11.6 Å². The fourth-order valence-corrected chi connectivity index (χ4v) is 3.41. The Morgan fingerprint density at radius 3 is 2.59 bits per heavy atom. The molecule has 1 unspecified atom stereocenters. The second-order valence-corrected chi connectivity index (χ2v) is 7.58. The van der Waals surface area contributed by atoms with Crippen molar-refractivity contribution in [1.29, 1.82) is 0 Å². The molecule has 0 saturated carbocycles. The molecule has 29 heavy (non-hydrogen) atoms. The largest absolute Gasteiger partial charge is 0.354 e. The van der Waals surface area contributed by atoms with Gasteiger partial charge in [0.2, 0.25) is 5.91 Å². The van der Waals surface area contributed by atoms with Crippen LogP contribution in [0.3, 0.4) is 0 Å². The Morgan fingerprint density at radius 2 is 1.86 bits per heavy atom. The number of nitrogens with one attached hydrogen (secondary N) is 2. The van der Waals surface area contributed by atoms with Crippen LogP contribution in [0.4, 0.5) is 5.82 Å². The zero-order chi connectivity index (χ0) is 20.8. The molecule has 1 aromatic carbocycles. The third-order valence-electron chi connectivity index (χ3n) is 4.98. The maximum atomic E-state index is 12.5. The highest BCUT2D eigenvalue weighted by Crippen LogP contribution is 2.19. The van der Waals surface area contributed by atoms with Gasteiger partial charge < -0.3 is 20.4 Å². The summed E-state index contributed by atoms with van der Waals surface area (Å²) in [7, 11) is 2.11. The van der Waals surface area contributed by atoms with Crippen LogP contribution in [0, 0.1) is 0 Å². The summed E-state index contributed by atoms with van der Waals surface area (Å²) in [5, 5.41) is 5.94. The van der Waals surface area contributed by atoms with Crippen LogP contribution in [0.15, 0.2) is 42.6 Å². The Morgan fingerprint density at radius 1 is 1.14 bits per heavy atom. The fourth-order valence-electron chi connectivity index (χ4n) is 3.19. The van der Waals surface area contributed by atoms with Crippen molar-refractivity contribution < 1.29 is 9.59 Å². The van der Waals surface area contributed by atoms with Crippen LogP contribution in [-0.2, 0) is 11.3 Å². The predicted octanol–water partition coefficient (Wildman–Crippen LogP) is 1.92. The number of anilines is 1. The molecular formula is C21H26ClN5O2. The molecule has 0 aliphatic carbocycles. The monoisotopic (exact) mass is 415 g/mol. The highest BCUT2D eigenvalue weighted by atomic mass is 35.5. The maximum absolute atomic E-state index is 12.5. The molecule has 2 aromatic rings. The molecule has 7 nitrogen and oxygen atoms in total. The van der Waals surface area contributed by atoms with Crippen LogP contribution in [0.2, 0.25) is 5.02 Å². The number of aromatic nitrogens is 1. The van der Waals surface area contributed by atoms with Gasteiger partial charge in [-0.25, -0.2) is 4.98 Å². The Hall–Kier alpha value is -2.64. The quantitative estimate of drug-likeness (QED) is 0.753. The predicted molar refractivity (Wildman–Crippen MR) is 114 cm³/mol. The summed E-state index contributed by atoms with van der Waals surface area (Å²) in [6.07, 6.45) is 1.77. The summed E-state index contributed by atoms with van der Waals surface area (Å²) in [6, 6.07) is 9.89. The number of hydrogen-bond acceptors (Lipinski definition) is 5. The summed E-state index contributed by atoms with van der Waals surface area (Å²) >= 11 is 6.05. The van der Waals surface area contributed by atoms with Crippen LogP contribution in [0.1, 0.15) is 22.8 Å². The molecule has 8 heteroatoms. The van der Waals surface area contributed by atoms with Crippen LogP contribution < -0.4 is 15.5 Å². The number of nitrogens with zero attached hydrogens (tertiary/aromatic N) is 3. The topological polar surface area (TPSA) is 77.6 Å². The maximum Gasteiger partial charge on any atom is 0.253 e. The number of pyridine rings is 1. The summed E-state index contributed by atoms with van der Waals surface area (Å²) < 4.78 is 0. The Balaban J connectivity index is 1.58. The molecule has 2 heterocycles. The van der Waals surface area contributed by atoms with Gasteiger partial charge in [0, 0.05) is 44.5 Å². The number of carbonyl (C=O) groups is 2. The second kappa shape index (κ2) is 9.71. The first-order valence-corrected chi connectivity index (χ1v) is 10.0. The van der Waals surface area contributed by atoms with Crippen molar-refractivity contribution in [1.82, 2.24) is 20.5 Å². The van der Waals surface area contributed by atoms with E-state index in [-0.39, 0.29) is 11.8 Å². The zero-order valence-electron chi connectivity index (χ0n) is 16.7. The smallest absolute Gasteiger partial charge is 0.253 e. The number of carbonyl (C=O) groups excluding carboxylic acids is 2. The second-order valence-electron chi connectivity index (χ2n) is 7.17. The fraction of sp³-hybridized carbons (Fsp3) is 0.381. The minimum atomic E-state index is -0.692. The lowest BCUT2D eigenvalue weighted by Gasteiger charge is -2.34. The third-order valence-corrected chi connectivity index (χ3v) is 5.31. The molecule has 0 spiro atoms. The van der Waals surface area contributed by atoms with Gasteiger partial charge in [-0.05, 0) is 32.2 Å². The molecule has 2 amide bonds. The first kappa shape index (κ1) is 21.1. The van der Waals surface area contributed by atoms with Gasteiger partial charge in [-0.3, -0.25) is 9.59 Å². The molecule has 1 aliphatic heterocycles. The third kappa shape index (κ3) is 5.46. The Labute approximate surface area is 176 Å². The van der Waals surface area contributed by atoms with Crippen molar-refractivity contribution in [3.8, 4) is 0 Å². The van der Waals surface area contributed by atoms with Gasteiger partial charge in [0.1, 0.15) is 11.9 Å². The van der Waals surface area contributed by atoms with Gasteiger partial charge in [-0.1, -0.05) is 29.8 Å². The summed E-state index contributed by atoms with van der Waals surface area (Å²) in [6.45, 7) is 5.76. The highest BCUT2D eigenvalue weighted by Gasteiger charge is 2.20. The van der Waals surface area contributed by atoms with Gasteiger partial charge in [-0.15, -0.1) is 0 Å². The van der Waals surface area contributed by atoms with E-state index in [4.69, 9.17) is 11.6 Å². The lowest BCUT2D eigenvalue weighted by molar-refractivity contribution is -0.122. The summed E-state index contributed by atoms with van der Waals surface area (Å²) in [5.41, 5.74) is 1.30. The molecule has 3 rings (SSSR count). The molecular weight excluding hydrogens is 390 g/mol. The van der Waals surface area contributed by atoms with Crippen molar-refractivity contribution >= 4 is 29.2 Å². The summed E-state index contributed by atoms with van der Waals surface area (Å²) in [5.74, 6) is 0.255. The average Bonchev–Trinajstić information content (AvgIpc) is 2.73. The number of halogens is 1. The SMILES string of the molecule is CC(NC(=O)c1ccccc1Cl)C(=O)NCc1cccnc1N1CCN(C)CC1. The molecule has 1 fully saturated rings. The lowest BCUT2D eigenvalue weighted by Crippen LogP contribution is -2.46. The molecule has 1 aromatic heterocycles. The first-order valence-electron chi connectivity index (χ1n) is 9.66. The number of likely N-dealkylation sites (N-methyl/N-ethyl adjacent to an activating group) is 1. The van der Waals surface area contributed by atoms with E-state index in [2.05, 4.69) is 32.5 Å². The molecule has 1 saturated heterocycles. The lowest BCUT2D eigenvalue weighted by atomic mass is 10.2. The van der Waals surface area contributed by atoms with Crippen molar-refractivity contribution in [2.24, 2.45) is 0 Å². The number of benzene rings is 1. The number of rotatable bonds is 6. The zero-order valence-corrected chi connectivity index (χ0v) is 17.4. The van der Waals surface area contributed by atoms with E-state index < -0.39 is 6.04 Å². The molecule has 0 bridgehead atoms. The number of hydrogen-bond donors (Lipinski definition) is 2. The summed E-state index contributed by atoms with van der Waals surface area (Å²) in [4.78, 5) is 33.9. The van der Waals surface area contributed by atoms with E-state index >= 15 is 0 Å². The van der Waals surface area contributed by atoms with Gasteiger partial charge in [0.05, 0.1) is 10.6 Å². The van der Waals surface area contributed by atoms with Crippen molar-refractivity contribution in [2.45, 2.75) is 19.5 Å². The first-order chi connectivity index (χ1) is 14.0. The minimum Gasteiger partial charge on any atom is -0.354 e. The molecule has 1 atom stereocenters. The van der Waals surface area contributed by atoms with Crippen LogP contribution in [0.25, 0.3) is 0 Å². The van der Waals surface area contributed by atoms with Crippen LogP contribution in [0.5, 0.6) is 0 Å². The molecule has 1 aliphatic rings. The average molecular weight is 416 g/mol. The highest BCUT2D eigenvalue weighted by molar-refractivity contribution is 6.33. The van der Waals surface area contributed by atoms with E-state index in [1.807, 2.05) is 12.1 Å². The van der Waals surface area contributed by atoms with Gasteiger partial charge in [0.15, 0.2) is 0 Å². The van der Waals surface area contributed by atoms with Gasteiger partial charge in [0.25, 0.3) is 5.91 Å². The normalized spacial score (nSPS) is 15.6. The van der Waals surface area contributed by atoms with E-state index in [0.717, 1.165) is 37.6 Å². The Kier molecular flexibility index (Phi) is 7.06. The molecule has 2 N–H and O–H groups in total. The minimum absolute atomic E-state index is 0.265. The van der Waals surface area contributed by atoms with E-state index in [0.29, 0.717) is 17.1 Å². The van der Waals surface area contributed by atoms with Crippen LogP contribution in [-0.4, -0.2) is 61.0 Å². The standard InChI is InChI=1S/C21H26ClN5O2/c1-15(25-21(29)17-7-3-4-8-18(17)22)20(28)24-14-16-6-5-9-23-19(16)27-12-10-26(2)11-13-27/h3-9,15H,10-14H2,1-2H3,(H,24,28)(H,25,29). The number of amides is 2. The van der Waals surface area contributed by atoms with Crippen molar-refractivity contribution in [2.75, 3.05) is 38.1 Å². The van der Waals surface area contributed by atoms with Crippen molar-refractivity contribution in [3.05, 3.63) is 58.7 Å². The molecule has 0 radical (unpaired) electrons. The number of piperazine rings is 1. The van der Waals surface area contributed by atoms with E-state index in [1.165, 1.54) is 0 Å². The molecule has 154 valence electrons. The van der Waals surface area contributed by atoms with Gasteiger partial charge >= 0.3 is 0 Å². The van der Waals surface area contributed by atoms with Gasteiger partial charge in [-0.2, -0.15) is 0 Å². The van der Waals surface area contributed by atoms with Crippen molar-refractivity contribution in [3.63, 3.8) is 0 Å². The van der Waals surface area contributed by atoms with E-state index in [1.54, 1.807) is 37.4 Å². The Bertz CT molecular complexity index is 868. The van der Waals surface area contributed by atoms with E-state index in [9.17, 15) is 9.59 Å².